The van der Waals surface area contributed by atoms with Gasteiger partial charge in [0.25, 0.3) is 0 Å². The monoisotopic (exact) mass is 478 g/mol. The minimum Gasteiger partial charge on any atom is -0.363 e. The van der Waals surface area contributed by atoms with Gasteiger partial charge in [-0.05, 0) is 61.1 Å². The van der Waals surface area contributed by atoms with Gasteiger partial charge in [0.15, 0.2) is 0 Å². The number of rotatable bonds is 4. The van der Waals surface area contributed by atoms with E-state index in [1.165, 1.54) is 0 Å². The molecule has 2 saturated heterocycles. The first-order valence-electron chi connectivity index (χ1n) is 11.7. The number of morpholine rings is 1. The zero-order valence-corrected chi connectivity index (χ0v) is 19.6. The van der Waals surface area contributed by atoms with Crippen LogP contribution in [0.15, 0.2) is 59.6 Å². The molecule has 3 heterocycles. The van der Waals surface area contributed by atoms with Crippen molar-refractivity contribution >= 4 is 26.8 Å². The molecule has 0 radical (unpaired) electrons. The molecule has 0 unspecified atom stereocenters. The summed E-state index contributed by atoms with van der Waals surface area (Å²) >= 11 is 0. The van der Waals surface area contributed by atoms with Gasteiger partial charge in [-0.2, -0.15) is 14.5 Å². The highest BCUT2D eigenvalue weighted by molar-refractivity contribution is 7.89. The van der Waals surface area contributed by atoms with Crippen molar-refractivity contribution in [3.05, 3.63) is 54.7 Å². The van der Waals surface area contributed by atoms with Crippen LogP contribution in [0.1, 0.15) is 25.7 Å². The lowest BCUT2D eigenvalue weighted by molar-refractivity contribution is -0.170. The number of hydrogen-bond acceptors (Lipinski definition) is 6. The zero-order chi connectivity index (χ0) is 23.3. The summed E-state index contributed by atoms with van der Waals surface area (Å²) in [5.41, 5.74) is 2.25. The van der Waals surface area contributed by atoms with E-state index in [9.17, 15) is 13.2 Å². The Morgan fingerprint density at radius 2 is 1.71 bits per heavy atom. The van der Waals surface area contributed by atoms with Crippen molar-refractivity contribution in [3.63, 3.8) is 0 Å². The first kappa shape index (κ1) is 21.6. The van der Waals surface area contributed by atoms with Crippen LogP contribution in [0, 0.1) is 0 Å². The van der Waals surface area contributed by atoms with E-state index in [0.29, 0.717) is 38.5 Å². The fourth-order valence-electron chi connectivity index (χ4n) is 5.03. The van der Waals surface area contributed by atoms with E-state index >= 15 is 0 Å². The highest BCUT2D eigenvalue weighted by Crippen LogP contribution is 2.37. The van der Waals surface area contributed by atoms with Crippen molar-refractivity contribution in [1.29, 1.82) is 0 Å². The van der Waals surface area contributed by atoms with E-state index in [4.69, 9.17) is 4.74 Å². The molecule has 2 aliphatic heterocycles. The quantitative estimate of drug-likeness (QED) is 0.573. The lowest BCUT2D eigenvalue weighted by atomic mass is 9.90. The average molecular weight is 479 g/mol. The maximum absolute atomic E-state index is 13.3. The topological polar surface area (TPSA) is 92.7 Å². The number of hydrogen-bond donors (Lipinski definition) is 0. The fourth-order valence-corrected chi connectivity index (χ4v) is 6.47. The molecule has 0 atom stereocenters. The van der Waals surface area contributed by atoms with E-state index in [2.05, 4.69) is 10.2 Å². The summed E-state index contributed by atoms with van der Waals surface area (Å²) in [4.78, 5) is 14.4. The molecule has 176 valence electrons. The molecule has 1 saturated carbocycles. The van der Waals surface area contributed by atoms with E-state index in [0.717, 1.165) is 34.9 Å². The van der Waals surface area contributed by atoms with E-state index in [-0.39, 0.29) is 17.4 Å². The number of carbonyl (C=O) groups is 1. The molecule has 1 aliphatic carbocycles. The largest absolute Gasteiger partial charge is 0.363 e. The van der Waals surface area contributed by atoms with Gasteiger partial charge in [-0.1, -0.05) is 24.3 Å². The third kappa shape index (κ3) is 3.87. The van der Waals surface area contributed by atoms with Gasteiger partial charge >= 0.3 is 0 Å². The van der Waals surface area contributed by atoms with Gasteiger partial charge in [0, 0.05) is 24.5 Å². The highest BCUT2D eigenvalue weighted by Gasteiger charge is 2.47. The number of fused-ring (bicyclic) bond motifs is 1. The van der Waals surface area contributed by atoms with E-state index < -0.39 is 15.6 Å². The summed E-state index contributed by atoms with van der Waals surface area (Å²) in [5.74, 6) is 0.0572. The number of amides is 1. The zero-order valence-electron chi connectivity index (χ0n) is 18.8. The van der Waals surface area contributed by atoms with Crippen LogP contribution < -0.4 is 0 Å². The lowest BCUT2D eigenvalue weighted by Crippen LogP contribution is -2.59. The molecule has 1 aromatic heterocycles. The normalized spacial score (nSPS) is 21.3. The lowest BCUT2D eigenvalue weighted by Gasteiger charge is -2.46. The van der Waals surface area contributed by atoms with Crippen LogP contribution in [-0.2, 0) is 19.6 Å². The number of carbonyl (C=O) groups excluding carboxylic acids is 1. The molecule has 0 bridgehead atoms. The molecule has 34 heavy (non-hydrogen) atoms. The minimum atomic E-state index is -3.60. The predicted molar refractivity (Wildman–Crippen MR) is 126 cm³/mol. The molecule has 0 N–H and O–H groups in total. The van der Waals surface area contributed by atoms with Crippen molar-refractivity contribution in [2.45, 2.75) is 42.2 Å². The van der Waals surface area contributed by atoms with Crippen LogP contribution in [0.2, 0.25) is 0 Å². The minimum absolute atomic E-state index is 0.0572. The van der Waals surface area contributed by atoms with Gasteiger partial charge in [0.2, 0.25) is 15.9 Å². The van der Waals surface area contributed by atoms with Crippen molar-refractivity contribution < 1.29 is 17.9 Å². The van der Waals surface area contributed by atoms with Gasteiger partial charge in [-0.25, -0.2) is 8.42 Å². The van der Waals surface area contributed by atoms with Crippen LogP contribution in [0.3, 0.4) is 0 Å². The molecule has 8 nitrogen and oxygen atoms in total. The number of aromatic nitrogens is 2. The molecule has 9 heteroatoms. The Kier molecular flexibility index (Phi) is 5.16. The molecular formula is C25H26N4O4S. The smallest absolute Gasteiger partial charge is 0.248 e. The first-order chi connectivity index (χ1) is 16.4. The molecule has 6 rings (SSSR count). The van der Waals surface area contributed by atoms with Crippen LogP contribution >= 0.6 is 0 Å². The second kappa shape index (κ2) is 8.11. The third-order valence-corrected chi connectivity index (χ3v) is 9.16. The molecule has 3 aromatic rings. The third-order valence-electron chi connectivity index (χ3n) is 7.24. The van der Waals surface area contributed by atoms with Crippen LogP contribution in [-0.4, -0.2) is 71.6 Å². The molecular weight excluding hydrogens is 452 g/mol. The maximum Gasteiger partial charge on any atom is 0.248 e. The number of benzene rings is 2. The number of sulfonamides is 1. The van der Waals surface area contributed by atoms with Crippen LogP contribution in [0.4, 0.5) is 0 Å². The van der Waals surface area contributed by atoms with Gasteiger partial charge in [-0.15, -0.1) is 0 Å². The average Bonchev–Trinajstić information content (AvgIpc) is 3.71. The summed E-state index contributed by atoms with van der Waals surface area (Å²) in [6.07, 6.45) is 4.97. The number of piperidine rings is 1. The van der Waals surface area contributed by atoms with Crippen molar-refractivity contribution in [3.8, 4) is 11.1 Å². The second-order valence-corrected chi connectivity index (χ2v) is 11.4. The van der Waals surface area contributed by atoms with E-state index in [1.807, 2.05) is 41.3 Å². The van der Waals surface area contributed by atoms with Crippen molar-refractivity contribution in [2.24, 2.45) is 0 Å². The first-order valence-corrected chi connectivity index (χ1v) is 13.1. The standard InChI is InChI=1S/C25H26N4O4S/c30-24-16-33-25(17-29(24)21-5-6-21)10-13-28(14-11-25)34(31,32)22-7-3-18(4-8-22)20-2-1-19-9-12-26-27-23(19)15-20/h1-4,7-9,12,15,21H,5-6,10-11,13-14,16-17H2. The Balaban J connectivity index is 1.16. The highest BCUT2D eigenvalue weighted by atomic mass is 32.2. The SMILES string of the molecule is O=C1COC2(CCN(S(=O)(=O)c3ccc(-c4ccc5ccnnc5c4)cc3)CC2)CN1C1CC1. The van der Waals surface area contributed by atoms with Crippen LogP contribution in [0.5, 0.6) is 0 Å². The number of nitrogens with zero attached hydrogens (tertiary/aromatic N) is 4. The Morgan fingerprint density at radius 1 is 0.971 bits per heavy atom. The maximum atomic E-state index is 13.3. The van der Waals surface area contributed by atoms with Gasteiger partial charge in [0.05, 0.1) is 28.8 Å². The Labute approximate surface area is 198 Å². The molecule has 3 aliphatic rings. The fraction of sp³-hybridized carbons (Fsp3) is 0.400. The summed E-state index contributed by atoms with van der Waals surface area (Å²) < 4.78 is 34.1. The van der Waals surface area contributed by atoms with E-state index in [1.54, 1.807) is 22.6 Å². The van der Waals surface area contributed by atoms with Gasteiger partial charge in [0.1, 0.15) is 6.61 Å². The molecule has 3 fully saturated rings. The van der Waals surface area contributed by atoms with Crippen LogP contribution in [0.25, 0.3) is 22.0 Å². The van der Waals surface area contributed by atoms with Gasteiger partial charge < -0.3 is 9.64 Å². The Hall–Kier alpha value is -2.88. The summed E-state index contributed by atoms with van der Waals surface area (Å²) in [6.45, 7) is 1.46. The molecule has 2 aromatic carbocycles. The summed E-state index contributed by atoms with van der Waals surface area (Å²) in [6, 6.07) is 15.2. The Morgan fingerprint density at radius 3 is 2.44 bits per heavy atom. The van der Waals surface area contributed by atoms with Gasteiger partial charge in [-0.3, -0.25) is 4.79 Å². The summed E-state index contributed by atoms with van der Waals surface area (Å²) in [5, 5.41) is 9.10. The van der Waals surface area contributed by atoms with Crippen molar-refractivity contribution in [1.82, 2.24) is 19.4 Å². The Bertz CT molecular complexity index is 1350. The second-order valence-electron chi connectivity index (χ2n) is 9.46. The summed E-state index contributed by atoms with van der Waals surface area (Å²) in [7, 11) is -3.60. The van der Waals surface area contributed by atoms with Crippen molar-refractivity contribution in [2.75, 3.05) is 26.2 Å². The number of ether oxygens (including phenoxy) is 1. The predicted octanol–water partition coefficient (Wildman–Crippen LogP) is 2.84. The molecule has 1 amide bonds. The molecule has 1 spiro atoms.